The molecule has 0 fully saturated rings. The Morgan fingerprint density at radius 3 is 2.37 bits per heavy atom. The Balaban J connectivity index is 1.57. The third-order valence-corrected chi connectivity index (χ3v) is 4.27. The minimum absolute atomic E-state index is 0.0734. The van der Waals surface area contributed by atoms with Crippen LogP contribution in [0.25, 0.3) is 0 Å². The first-order valence-electron chi connectivity index (χ1n) is 8.68. The van der Waals surface area contributed by atoms with E-state index in [9.17, 15) is 14.4 Å². The summed E-state index contributed by atoms with van der Waals surface area (Å²) < 4.78 is 6.63. The van der Waals surface area contributed by atoms with Gasteiger partial charge >= 0.3 is 5.97 Å². The summed E-state index contributed by atoms with van der Waals surface area (Å²) in [6.45, 7) is -0.192. The molecule has 3 N–H and O–H groups in total. The SMILES string of the molecule is Cn1ncc(C(=O)O)c1NC(=O)c1ccc(NC(=O)COc2ccc(Cl)cc2)cc1. The number of hydrogen-bond acceptors (Lipinski definition) is 5. The fraction of sp³-hybridized carbons (Fsp3) is 0.100. The summed E-state index contributed by atoms with van der Waals surface area (Å²) in [5, 5.41) is 18.7. The van der Waals surface area contributed by atoms with Crippen LogP contribution < -0.4 is 15.4 Å². The van der Waals surface area contributed by atoms with Crippen molar-refractivity contribution in [3.8, 4) is 5.75 Å². The number of anilines is 2. The van der Waals surface area contributed by atoms with Crippen LogP contribution in [-0.2, 0) is 11.8 Å². The molecule has 30 heavy (non-hydrogen) atoms. The zero-order chi connectivity index (χ0) is 21.7. The monoisotopic (exact) mass is 428 g/mol. The molecule has 0 aliphatic carbocycles. The number of aromatic nitrogens is 2. The fourth-order valence-electron chi connectivity index (χ4n) is 2.50. The minimum Gasteiger partial charge on any atom is -0.484 e. The second-order valence-electron chi connectivity index (χ2n) is 6.16. The van der Waals surface area contributed by atoms with E-state index in [4.69, 9.17) is 21.4 Å². The van der Waals surface area contributed by atoms with Crippen LogP contribution in [0.5, 0.6) is 5.75 Å². The van der Waals surface area contributed by atoms with Gasteiger partial charge in [-0.2, -0.15) is 5.10 Å². The van der Waals surface area contributed by atoms with E-state index >= 15 is 0 Å². The van der Waals surface area contributed by atoms with Gasteiger partial charge < -0.3 is 20.5 Å². The Kier molecular flexibility index (Phi) is 6.33. The number of carboxylic acids is 1. The highest BCUT2D eigenvalue weighted by molar-refractivity contribution is 6.30. The van der Waals surface area contributed by atoms with Gasteiger partial charge in [-0.05, 0) is 48.5 Å². The van der Waals surface area contributed by atoms with Gasteiger partial charge in [0.25, 0.3) is 11.8 Å². The predicted octanol–water partition coefficient (Wildman–Crippen LogP) is 3.04. The van der Waals surface area contributed by atoms with Crippen LogP contribution in [-0.4, -0.2) is 39.3 Å². The van der Waals surface area contributed by atoms with Gasteiger partial charge in [0, 0.05) is 23.3 Å². The molecule has 0 radical (unpaired) electrons. The van der Waals surface area contributed by atoms with Crippen molar-refractivity contribution in [1.29, 1.82) is 0 Å². The first-order chi connectivity index (χ1) is 14.3. The van der Waals surface area contributed by atoms with Gasteiger partial charge in [-0.25, -0.2) is 4.79 Å². The Morgan fingerprint density at radius 2 is 1.73 bits per heavy atom. The van der Waals surface area contributed by atoms with Crippen LogP contribution in [0.4, 0.5) is 11.5 Å². The van der Waals surface area contributed by atoms with E-state index in [1.165, 1.54) is 23.9 Å². The first kappa shape index (κ1) is 20.9. The number of hydrogen-bond donors (Lipinski definition) is 3. The van der Waals surface area contributed by atoms with Crippen molar-refractivity contribution in [2.75, 3.05) is 17.2 Å². The molecule has 0 aliphatic rings. The van der Waals surface area contributed by atoms with Crippen molar-refractivity contribution in [3.05, 3.63) is 70.9 Å². The molecule has 0 saturated carbocycles. The average Bonchev–Trinajstić information content (AvgIpc) is 3.08. The van der Waals surface area contributed by atoms with Crippen LogP contribution in [0.15, 0.2) is 54.7 Å². The highest BCUT2D eigenvalue weighted by Gasteiger charge is 2.18. The number of ether oxygens (including phenoxy) is 1. The number of aryl methyl sites for hydroxylation is 1. The molecule has 2 aromatic carbocycles. The van der Waals surface area contributed by atoms with Gasteiger partial charge in [-0.15, -0.1) is 0 Å². The van der Waals surface area contributed by atoms with Crippen molar-refractivity contribution in [3.63, 3.8) is 0 Å². The van der Waals surface area contributed by atoms with Gasteiger partial charge in [0.05, 0.1) is 6.20 Å². The smallest absolute Gasteiger partial charge is 0.341 e. The lowest BCUT2D eigenvalue weighted by Crippen LogP contribution is -2.20. The largest absolute Gasteiger partial charge is 0.484 e. The Bertz CT molecular complexity index is 1080. The molecule has 10 heteroatoms. The summed E-state index contributed by atoms with van der Waals surface area (Å²) in [6, 6.07) is 12.7. The zero-order valence-electron chi connectivity index (χ0n) is 15.8. The van der Waals surface area contributed by atoms with Gasteiger partial charge in [0.15, 0.2) is 6.61 Å². The summed E-state index contributed by atoms with van der Waals surface area (Å²) >= 11 is 5.79. The summed E-state index contributed by atoms with van der Waals surface area (Å²) in [5.41, 5.74) is 0.640. The number of amides is 2. The van der Waals surface area contributed by atoms with E-state index < -0.39 is 11.9 Å². The maximum Gasteiger partial charge on any atom is 0.341 e. The highest BCUT2D eigenvalue weighted by atomic mass is 35.5. The Hall–Kier alpha value is -3.85. The van der Waals surface area contributed by atoms with E-state index in [-0.39, 0.29) is 29.5 Å². The molecule has 2 amide bonds. The van der Waals surface area contributed by atoms with E-state index in [0.717, 1.165) is 6.20 Å². The van der Waals surface area contributed by atoms with Gasteiger partial charge in [0.2, 0.25) is 0 Å². The molecule has 0 aliphatic heterocycles. The van der Waals surface area contributed by atoms with Crippen molar-refractivity contribution >= 4 is 40.9 Å². The number of halogens is 1. The molecule has 3 aromatic rings. The molecule has 0 unspecified atom stereocenters. The molecule has 0 atom stereocenters. The summed E-state index contributed by atoms with van der Waals surface area (Å²) in [5.74, 6) is -1.49. The number of rotatable bonds is 7. The third-order valence-electron chi connectivity index (χ3n) is 4.02. The molecule has 9 nitrogen and oxygen atoms in total. The number of carbonyl (C=O) groups is 3. The van der Waals surface area contributed by atoms with E-state index in [1.807, 2.05) is 0 Å². The first-order valence-corrected chi connectivity index (χ1v) is 9.06. The van der Waals surface area contributed by atoms with Gasteiger partial charge in [-0.3, -0.25) is 14.3 Å². The fourth-order valence-corrected chi connectivity index (χ4v) is 2.63. The maximum absolute atomic E-state index is 12.4. The summed E-state index contributed by atoms with van der Waals surface area (Å²) in [4.78, 5) is 35.6. The van der Waals surface area contributed by atoms with Crippen LogP contribution in [0.1, 0.15) is 20.7 Å². The second kappa shape index (κ2) is 9.10. The second-order valence-corrected chi connectivity index (χ2v) is 6.59. The molecule has 154 valence electrons. The Labute approximate surface area is 176 Å². The Morgan fingerprint density at radius 1 is 1.07 bits per heavy atom. The quantitative estimate of drug-likeness (QED) is 0.531. The van der Waals surface area contributed by atoms with Crippen LogP contribution >= 0.6 is 11.6 Å². The number of nitrogens with one attached hydrogen (secondary N) is 2. The molecule has 0 bridgehead atoms. The van der Waals surface area contributed by atoms with Crippen LogP contribution in [0.3, 0.4) is 0 Å². The number of nitrogens with zero attached hydrogens (tertiary/aromatic N) is 2. The number of carboxylic acid groups (broad SMARTS) is 1. The number of carbonyl (C=O) groups excluding carboxylic acids is 2. The predicted molar refractivity (Wildman–Crippen MR) is 110 cm³/mol. The van der Waals surface area contributed by atoms with E-state index in [0.29, 0.717) is 16.5 Å². The van der Waals surface area contributed by atoms with Crippen molar-refractivity contribution in [2.45, 2.75) is 0 Å². The van der Waals surface area contributed by atoms with Gasteiger partial charge in [0.1, 0.15) is 17.1 Å². The molecule has 1 aromatic heterocycles. The molecule has 0 saturated heterocycles. The van der Waals surface area contributed by atoms with Crippen LogP contribution in [0.2, 0.25) is 5.02 Å². The topological polar surface area (TPSA) is 123 Å². The van der Waals surface area contributed by atoms with Gasteiger partial charge in [-0.1, -0.05) is 11.6 Å². The highest BCUT2D eigenvalue weighted by Crippen LogP contribution is 2.17. The minimum atomic E-state index is -1.20. The van der Waals surface area contributed by atoms with Crippen molar-refractivity contribution in [2.24, 2.45) is 7.05 Å². The normalized spacial score (nSPS) is 10.3. The van der Waals surface area contributed by atoms with E-state index in [1.54, 1.807) is 36.4 Å². The maximum atomic E-state index is 12.4. The molecule has 3 rings (SSSR count). The molecule has 0 spiro atoms. The zero-order valence-corrected chi connectivity index (χ0v) is 16.5. The number of benzene rings is 2. The lowest BCUT2D eigenvalue weighted by Gasteiger charge is -2.09. The standard InChI is InChI=1S/C20H17ClN4O5/c1-25-18(16(10-22-25)20(28)29)24-19(27)12-2-6-14(7-3-12)23-17(26)11-30-15-8-4-13(21)5-9-15/h2-10H,11H2,1H3,(H,23,26)(H,24,27)(H,28,29). The number of aromatic carboxylic acids is 1. The third kappa shape index (κ3) is 5.15. The average molecular weight is 429 g/mol. The van der Waals surface area contributed by atoms with Crippen molar-refractivity contribution < 1.29 is 24.2 Å². The molecule has 1 heterocycles. The summed E-state index contributed by atoms with van der Waals surface area (Å²) in [7, 11) is 1.52. The summed E-state index contributed by atoms with van der Waals surface area (Å²) in [6.07, 6.45) is 1.16. The van der Waals surface area contributed by atoms with Crippen molar-refractivity contribution in [1.82, 2.24) is 9.78 Å². The lowest BCUT2D eigenvalue weighted by molar-refractivity contribution is -0.118. The van der Waals surface area contributed by atoms with E-state index in [2.05, 4.69) is 15.7 Å². The molecular weight excluding hydrogens is 412 g/mol. The van der Waals surface area contributed by atoms with Crippen LogP contribution in [0, 0.1) is 0 Å². The lowest BCUT2D eigenvalue weighted by atomic mass is 10.2. The molecular formula is C20H17ClN4O5.